The number of methoxy groups -OCH3 is 1. The van der Waals surface area contributed by atoms with Gasteiger partial charge in [0.2, 0.25) is 0 Å². The molecule has 1 spiro atoms. The molecule has 21 heavy (non-hydrogen) atoms. The molecule has 3 heteroatoms. The maximum atomic E-state index is 6.32. The first-order valence-corrected chi connectivity index (χ1v) is 7.97. The molecule has 0 unspecified atom stereocenters. The van der Waals surface area contributed by atoms with E-state index < -0.39 is 0 Å². The van der Waals surface area contributed by atoms with Crippen molar-refractivity contribution in [2.24, 2.45) is 5.41 Å². The first kappa shape index (κ1) is 13.6. The maximum absolute atomic E-state index is 6.32. The summed E-state index contributed by atoms with van der Waals surface area (Å²) < 4.78 is 17.9. The molecule has 4 atom stereocenters. The molecule has 114 valence electrons. The number of fused-ring (bicyclic) bond motifs is 2. The van der Waals surface area contributed by atoms with Crippen molar-refractivity contribution < 1.29 is 14.2 Å². The molecule has 4 rings (SSSR count). The highest BCUT2D eigenvalue weighted by Crippen LogP contribution is 2.79. The van der Waals surface area contributed by atoms with Gasteiger partial charge in [0.05, 0.1) is 19.3 Å². The van der Waals surface area contributed by atoms with E-state index in [0.29, 0.717) is 0 Å². The number of hydrogen-bond donors (Lipinski definition) is 0. The average molecular weight is 288 g/mol. The first-order valence-electron chi connectivity index (χ1n) is 7.97. The minimum Gasteiger partial charge on any atom is -0.497 e. The van der Waals surface area contributed by atoms with Crippen molar-refractivity contribution in [3.8, 4) is 5.75 Å². The molecule has 0 radical (unpaired) electrons. The highest BCUT2D eigenvalue weighted by molar-refractivity contribution is 5.45. The predicted molar refractivity (Wildman–Crippen MR) is 80.5 cm³/mol. The summed E-state index contributed by atoms with van der Waals surface area (Å²) in [5.74, 6) is 0.548. The first-order chi connectivity index (χ1) is 9.96. The molecule has 1 aromatic carbocycles. The SMILES string of the molecule is COc1ccc([C@@]23CCC4(O[C@@H](C)[C@H](C)O4)[C@]2(C)C3)cc1. The lowest BCUT2D eigenvalue weighted by Gasteiger charge is -2.31. The Kier molecular flexibility index (Phi) is 2.60. The Morgan fingerprint density at radius 1 is 1.05 bits per heavy atom. The van der Waals surface area contributed by atoms with Crippen LogP contribution in [0.2, 0.25) is 0 Å². The van der Waals surface area contributed by atoms with Gasteiger partial charge < -0.3 is 14.2 Å². The number of benzene rings is 1. The Bertz CT molecular complexity index is 552. The summed E-state index contributed by atoms with van der Waals surface area (Å²) in [4.78, 5) is 0. The third-order valence-electron chi connectivity index (χ3n) is 6.36. The van der Waals surface area contributed by atoms with Crippen LogP contribution in [0.15, 0.2) is 24.3 Å². The molecule has 0 bridgehead atoms. The summed E-state index contributed by atoms with van der Waals surface area (Å²) in [7, 11) is 1.71. The van der Waals surface area contributed by atoms with Gasteiger partial charge in [0.15, 0.2) is 5.79 Å². The van der Waals surface area contributed by atoms with Crippen LogP contribution in [0.1, 0.15) is 45.6 Å². The van der Waals surface area contributed by atoms with Crippen molar-refractivity contribution in [3.63, 3.8) is 0 Å². The fourth-order valence-corrected chi connectivity index (χ4v) is 4.75. The molecule has 3 nitrogen and oxygen atoms in total. The van der Waals surface area contributed by atoms with Crippen LogP contribution < -0.4 is 4.74 Å². The molecule has 1 heterocycles. The molecule has 2 aliphatic carbocycles. The summed E-state index contributed by atoms with van der Waals surface area (Å²) in [6, 6.07) is 8.56. The van der Waals surface area contributed by atoms with E-state index in [1.54, 1.807) is 7.11 Å². The second-order valence-corrected chi connectivity index (χ2v) is 7.22. The van der Waals surface area contributed by atoms with Crippen LogP contribution in [-0.2, 0) is 14.9 Å². The molecule has 0 N–H and O–H groups in total. The van der Waals surface area contributed by atoms with Crippen molar-refractivity contribution in [3.05, 3.63) is 29.8 Å². The van der Waals surface area contributed by atoms with Gasteiger partial charge in [-0.1, -0.05) is 19.1 Å². The molecule has 2 saturated carbocycles. The fraction of sp³-hybridized carbons (Fsp3) is 0.667. The van der Waals surface area contributed by atoms with Crippen LogP contribution >= 0.6 is 0 Å². The topological polar surface area (TPSA) is 27.7 Å². The van der Waals surface area contributed by atoms with Gasteiger partial charge in [0.25, 0.3) is 0 Å². The minimum atomic E-state index is -0.369. The Labute approximate surface area is 126 Å². The lowest BCUT2D eigenvalue weighted by molar-refractivity contribution is -0.209. The van der Waals surface area contributed by atoms with Crippen molar-refractivity contribution in [1.29, 1.82) is 0 Å². The maximum Gasteiger partial charge on any atom is 0.175 e. The third-order valence-corrected chi connectivity index (χ3v) is 6.36. The third kappa shape index (κ3) is 1.51. The monoisotopic (exact) mass is 288 g/mol. The molecule has 1 saturated heterocycles. The normalized spacial score (nSPS) is 43.0. The van der Waals surface area contributed by atoms with E-state index in [9.17, 15) is 0 Å². The van der Waals surface area contributed by atoms with E-state index in [4.69, 9.17) is 14.2 Å². The molecule has 0 amide bonds. The van der Waals surface area contributed by atoms with E-state index >= 15 is 0 Å². The van der Waals surface area contributed by atoms with E-state index in [1.165, 1.54) is 5.56 Å². The van der Waals surface area contributed by atoms with Crippen LogP contribution in [0.4, 0.5) is 0 Å². The van der Waals surface area contributed by atoms with Gasteiger partial charge in [-0.3, -0.25) is 0 Å². The molecule has 1 aliphatic heterocycles. The van der Waals surface area contributed by atoms with Crippen molar-refractivity contribution in [1.82, 2.24) is 0 Å². The highest BCUT2D eigenvalue weighted by Gasteiger charge is 2.81. The standard InChI is InChI=1S/C18H24O3/c1-12-13(2)21-18(20-12)10-9-17(11-16(17,18)3)14-5-7-15(19-4)8-6-14/h5-8,12-13H,9-11H2,1-4H3/t12-,13-,16+,17-/m0/s1. The van der Waals surface area contributed by atoms with Gasteiger partial charge in [-0.2, -0.15) is 0 Å². The summed E-state index contributed by atoms with van der Waals surface area (Å²) in [6.07, 6.45) is 3.69. The van der Waals surface area contributed by atoms with Gasteiger partial charge >= 0.3 is 0 Å². The average Bonchev–Trinajstić information content (AvgIpc) is 2.92. The Hall–Kier alpha value is -1.06. The van der Waals surface area contributed by atoms with Crippen LogP contribution in [-0.4, -0.2) is 25.1 Å². The van der Waals surface area contributed by atoms with Crippen LogP contribution in [0.25, 0.3) is 0 Å². The summed E-state index contributed by atoms with van der Waals surface area (Å²) in [5.41, 5.74) is 1.73. The second-order valence-electron chi connectivity index (χ2n) is 7.22. The van der Waals surface area contributed by atoms with Crippen LogP contribution in [0.3, 0.4) is 0 Å². The van der Waals surface area contributed by atoms with Gasteiger partial charge in [0, 0.05) is 17.3 Å². The Balaban J connectivity index is 1.67. The van der Waals surface area contributed by atoms with Crippen molar-refractivity contribution >= 4 is 0 Å². The fourth-order valence-electron chi connectivity index (χ4n) is 4.75. The highest BCUT2D eigenvalue weighted by atomic mass is 16.8. The Morgan fingerprint density at radius 2 is 1.67 bits per heavy atom. The zero-order chi connectivity index (χ0) is 14.9. The lowest BCUT2D eigenvalue weighted by atomic mass is 9.88. The minimum absolute atomic E-state index is 0.105. The van der Waals surface area contributed by atoms with Crippen LogP contribution in [0.5, 0.6) is 5.75 Å². The summed E-state index contributed by atoms with van der Waals surface area (Å²) in [5, 5.41) is 0. The Morgan fingerprint density at radius 3 is 2.19 bits per heavy atom. The van der Waals surface area contributed by atoms with Gasteiger partial charge in [0.1, 0.15) is 5.75 Å². The molecular weight excluding hydrogens is 264 g/mol. The number of hydrogen-bond acceptors (Lipinski definition) is 3. The van der Waals surface area contributed by atoms with Gasteiger partial charge in [-0.15, -0.1) is 0 Å². The molecule has 3 aliphatic rings. The molecule has 3 fully saturated rings. The zero-order valence-electron chi connectivity index (χ0n) is 13.3. The summed E-state index contributed by atoms with van der Waals surface area (Å²) >= 11 is 0. The smallest absolute Gasteiger partial charge is 0.175 e. The van der Waals surface area contributed by atoms with Crippen molar-refractivity contribution in [2.45, 2.75) is 63.4 Å². The lowest BCUT2D eigenvalue weighted by Crippen LogP contribution is -2.38. The quantitative estimate of drug-likeness (QED) is 0.831. The van der Waals surface area contributed by atoms with Gasteiger partial charge in [-0.25, -0.2) is 0 Å². The van der Waals surface area contributed by atoms with E-state index in [0.717, 1.165) is 25.0 Å². The number of rotatable bonds is 2. The molecule has 0 aromatic heterocycles. The molecular formula is C18H24O3. The van der Waals surface area contributed by atoms with Crippen LogP contribution in [0, 0.1) is 5.41 Å². The van der Waals surface area contributed by atoms with E-state index in [2.05, 4.69) is 45.0 Å². The van der Waals surface area contributed by atoms with E-state index in [1.807, 2.05) is 0 Å². The predicted octanol–water partition coefficient (Wildman–Crippen LogP) is 3.66. The largest absolute Gasteiger partial charge is 0.497 e. The zero-order valence-corrected chi connectivity index (χ0v) is 13.3. The number of ether oxygens (including phenoxy) is 3. The van der Waals surface area contributed by atoms with Gasteiger partial charge in [-0.05, 0) is 44.4 Å². The molecule has 1 aromatic rings. The van der Waals surface area contributed by atoms with E-state index in [-0.39, 0.29) is 28.8 Å². The summed E-state index contributed by atoms with van der Waals surface area (Å²) in [6.45, 7) is 6.59. The van der Waals surface area contributed by atoms with Crippen molar-refractivity contribution in [2.75, 3.05) is 7.11 Å². The second kappa shape index (κ2) is 4.02.